The van der Waals surface area contributed by atoms with Crippen LogP contribution in [0.25, 0.3) is 0 Å². The molecular formula is C14H13ClFNO2S. The quantitative estimate of drug-likeness (QED) is 0.884. The number of nitrogens with two attached hydrogens (primary N) is 1. The van der Waals surface area contributed by atoms with Crippen molar-refractivity contribution in [1.29, 1.82) is 0 Å². The third-order valence-electron chi connectivity index (χ3n) is 2.95. The normalized spacial score (nSPS) is 11.6. The third-order valence-corrected chi connectivity index (χ3v) is 5.09. The summed E-state index contributed by atoms with van der Waals surface area (Å²) >= 11 is 5.92. The molecule has 0 saturated carbocycles. The smallest absolute Gasteiger partial charge is 0.184 e. The van der Waals surface area contributed by atoms with Crippen molar-refractivity contribution in [3.8, 4) is 0 Å². The molecule has 2 rings (SSSR count). The first-order chi connectivity index (χ1) is 9.29. The molecule has 2 aromatic rings. The highest BCUT2D eigenvalue weighted by Gasteiger charge is 2.20. The number of aryl methyl sites for hydroxylation is 1. The summed E-state index contributed by atoms with van der Waals surface area (Å²) in [5.41, 5.74) is 7.05. The molecule has 0 unspecified atom stereocenters. The molecule has 0 aromatic heterocycles. The van der Waals surface area contributed by atoms with E-state index in [1.807, 2.05) is 0 Å². The summed E-state index contributed by atoms with van der Waals surface area (Å²) < 4.78 is 37.9. The van der Waals surface area contributed by atoms with Gasteiger partial charge in [-0.25, -0.2) is 12.8 Å². The SMILES string of the molecule is Cc1ccc(F)cc1CS(=O)(=O)c1ccc(N)cc1Cl. The van der Waals surface area contributed by atoms with Gasteiger partial charge in [-0.15, -0.1) is 0 Å². The van der Waals surface area contributed by atoms with Gasteiger partial charge in [0.05, 0.1) is 15.7 Å². The Morgan fingerprint density at radius 2 is 1.90 bits per heavy atom. The standard InChI is InChI=1S/C14H13ClFNO2S/c1-9-2-3-11(16)6-10(9)8-20(18,19)14-5-4-12(17)7-13(14)15/h2-7H,8,17H2,1H3. The van der Waals surface area contributed by atoms with Crippen LogP contribution in [-0.2, 0) is 15.6 Å². The summed E-state index contributed by atoms with van der Waals surface area (Å²) in [4.78, 5) is -0.00275. The molecule has 0 heterocycles. The van der Waals surface area contributed by atoms with E-state index in [4.69, 9.17) is 17.3 Å². The van der Waals surface area contributed by atoms with Crippen molar-refractivity contribution in [1.82, 2.24) is 0 Å². The number of sulfone groups is 1. The largest absolute Gasteiger partial charge is 0.399 e. The number of benzene rings is 2. The lowest BCUT2D eigenvalue weighted by Gasteiger charge is -2.09. The van der Waals surface area contributed by atoms with Crippen LogP contribution in [0.3, 0.4) is 0 Å². The molecule has 0 bridgehead atoms. The van der Waals surface area contributed by atoms with Crippen LogP contribution < -0.4 is 5.73 Å². The van der Waals surface area contributed by atoms with Crippen LogP contribution in [-0.4, -0.2) is 8.42 Å². The van der Waals surface area contributed by atoms with Crippen molar-refractivity contribution in [2.24, 2.45) is 0 Å². The van der Waals surface area contributed by atoms with Crippen LogP contribution >= 0.6 is 11.6 Å². The molecule has 2 aromatic carbocycles. The van der Waals surface area contributed by atoms with Crippen molar-refractivity contribution in [3.05, 3.63) is 58.4 Å². The van der Waals surface area contributed by atoms with E-state index in [0.717, 1.165) is 0 Å². The Balaban J connectivity index is 2.43. The first kappa shape index (κ1) is 14.8. The molecule has 0 radical (unpaired) electrons. The predicted molar refractivity (Wildman–Crippen MR) is 77.9 cm³/mol. The molecule has 0 saturated heterocycles. The summed E-state index contributed by atoms with van der Waals surface area (Å²) in [6, 6.07) is 8.27. The number of hydrogen-bond acceptors (Lipinski definition) is 3. The van der Waals surface area contributed by atoms with Crippen LogP contribution in [0.15, 0.2) is 41.3 Å². The minimum Gasteiger partial charge on any atom is -0.399 e. The maximum atomic E-state index is 13.2. The van der Waals surface area contributed by atoms with E-state index >= 15 is 0 Å². The molecule has 2 N–H and O–H groups in total. The molecule has 0 atom stereocenters. The Bertz CT molecular complexity index is 760. The Morgan fingerprint density at radius 3 is 2.55 bits per heavy atom. The number of anilines is 1. The molecule has 6 heteroatoms. The Kier molecular flexibility index (Phi) is 4.01. The molecule has 0 fully saturated rings. The summed E-state index contributed by atoms with van der Waals surface area (Å²) in [6.45, 7) is 1.73. The van der Waals surface area contributed by atoms with Crippen LogP contribution in [0.1, 0.15) is 11.1 Å². The lowest BCUT2D eigenvalue weighted by Crippen LogP contribution is -2.07. The second-order valence-corrected chi connectivity index (χ2v) is 6.88. The van der Waals surface area contributed by atoms with Crippen LogP contribution in [0, 0.1) is 12.7 Å². The summed E-state index contributed by atoms with van der Waals surface area (Å²) in [7, 11) is -3.65. The summed E-state index contributed by atoms with van der Waals surface area (Å²) in [5.74, 6) is -0.774. The van der Waals surface area contributed by atoms with Gasteiger partial charge in [-0.2, -0.15) is 0 Å². The first-order valence-electron chi connectivity index (χ1n) is 5.82. The van der Waals surface area contributed by atoms with E-state index in [0.29, 0.717) is 16.8 Å². The van der Waals surface area contributed by atoms with Gasteiger partial charge in [0.2, 0.25) is 0 Å². The van der Waals surface area contributed by atoms with Gasteiger partial charge >= 0.3 is 0 Å². The summed E-state index contributed by atoms with van der Waals surface area (Å²) in [5, 5.41) is 0.0686. The lowest BCUT2D eigenvalue weighted by atomic mass is 10.1. The fourth-order valence-corrected chi connectivity index (χ4v) is 3.90. The van der Waals surface area contributed by atoms with Crippen LogP contribution in [0.2, 0.25) is 5.02 Å². The number of rotatable bonds is 3. The van der Waals surface area contributed by atoms with Gasteiger partial charge in [0.25, 0.3) is 0 Å². The molecule has 0 spiro atoms. The van der Waals surface area contributed by atoms with Gasteiger partial charge < -0.3 is 5.73 Å². The number of hydrogen-bond donors (Lipinski definition) is 1. The van der Waals surface area contributed by atoms with Crippen molar-refractivity contribution < 1.29 is 12.8 Å². The van der Waals surface area contributed by atoms with E-state index in [1.54, 1.807) is 13.0 Å². The highest BCUT2D eigenvalue weighted by molar-refractivity contribution is 7.90. The van der Waals surface area contributed by atoms with E-state index in [1.165, 1.54) is 30.3 Å². The summed E-state index contributed by atoms with van der Waals surface area (Å²) in [6.07, 6.45) is 0. The van der Waals surface area contributed by atoms with Crippen molar-refractivity contribution in [3.63, 3.8) is 0 Å². The highest BCUT2D eigenvalue weighted by Crippen LogP contribution is 2.27. The Morgan fingerprint density at radius 1 is 1.20 bits per heavy atom. The molecule has 0 aliphatic heterocycles. The monoisotopic (exact) mass is 313 g/mol. The van der Waals surface area contributed by atoms with E-state index < -0.39 is 15.7 Å². The first-order valence-corrected chi connectivity index (χ1v) is 7.85. The fourth-order valence-electron chi connectivity index (χ4n) is 1.85. The van der Waals surface area contributed by atoms with Crippen molar-refractivity contribution >= 4 is 27.1 Å². The fraction of sp³-hybridized carbons (Fsp3) is 0.143. The average molecular weight is 314 g/mol. The minimum atomic E-state index is -3.65. The highest BCUT2D eigenvalue weighted by atomic mass is 35.5. The molecule has 0 aliphatic rings. The van der Waals surface area contributed by atoms with E-state index in [-0.39, 0.29) is 15.7 Å². The van der Waals surface area contributed by atoms with Gasteiger partial charge in [0.1, 0.15) is 5.82 Å². The zero-order valence-electron chi connectivity index (χ0n) is 10.7. The zero-order chi connectivity index (χ0) is 14.9. The van der Waals surface area contributed by atoms with Crippen molar-refractivity contribution in [2.75, 3.05) is 5.73 Å². The third kappa shape index (κ3) is 3.11. The molecule has 0 amide bonds. The molecule has 3 nitrogen and oxygen atoms in total. The number of halogens is 2. The van der Waals surface area contributed by atoms with E-state index in [9.17, 15) is 12.8 Å². The lowest BCUT2D eigenvalue weighted by molar-refractivity contribution is 0.594. The van der Waals surface area contributed by atoms with Gasteiger partial charge in [-0.3, -0.25) is 0 Å². The molecule has 106 valence electrons. The van der Waals surface area contributed by atoms with Gasteiger partial charge in [0, 0.05) is 5.69 Å². The van der Waals surface area contributed by atoms with Gasteiger partial charge in [-0.1, -0.05) is 17.7 Å². The molecule has 0 aliphatic carbocycles. The second kappa shape index (κ2) is 5.42. The van der Waals surface area contributed by atoms with Gasteiger partial charge in [0.15, 0.2) is 9.84 Å². The topological polar surface area (TPSA) is 60.2 Å². The van der Waals surface area contributed by atoms with Crippen LogP contribution in [0.5, 0.6) is 0 Å². The van der Waals surface area contributed by atoms with Crippen molar-refractivity contribution in [2.45, 2.75) is 17.6 Å². The molecule has 20 heavy (non-hydrogen) atoms. The Hall–Kier alpha value is -1.59. The predicted octanol–water partition coefficient (Wildman–Crippen LogP) is 3.34. The second-order valence-electron chi connectivity index (χ2n) is 4.52. The molecular weight excluding hydrogens is 301 g/mol. The maximum absolute atomic E-state index is 13.2. The Labute approximate surface area is 122 Å². The zero-order valence-corrected chi connectivity index (χ0v) is 12.3. The average Bonchev–Trinajstić information content (AvgIpc) is 2.33. The minimum absolute atomic E-state index is 0.00275. The van der Waals surface area contributed by atoms with Gasteiger partial charge in [-0.05, 0) is 48.4 Å². The van der Waals surface area contributed by atoms with Crippen LogP contribution in [0.4, 0.5) is 10.1 Å². The maximum Gasteiger partial charge on any atom is 0.184 e. The number of nitrogen functional groups attached to an aromatic ring is 1. The van der Waals surface area contributed by atoms with E-state index in [2.05, 4.69) is 0 Å².